The number of carbonyl (C=O) groups is 1. The summed E-state index contributed by atoms with van der Waals surface area (Å²) in [6.07, 6.45) is 6.71. The monoisotopic (exact) mass is 362 g/mol. The predicted octanol–water partition coefficient (Wildman–Crippen LogP) is 1.60. The Morgan fingerprint density at radius 2 is 2.15 bits per heavy atom. The lowest BCUT2D eigenvalue weighted by atomic mass is 9.92. The minimum Gasteiger partial charge on any atom is -0.396 e. The first kappa shape index (κ1) is 19.0. The van der Waals surface area contributed by atoms with E-state index in [4.69, 9.17) is 9.72 Å². The molecule has 1 fully saturated rings. The highest BCUT2D eigenvalue weighted by molar-refractivity contribution is 5.77. The van der Waals surface area contributed by atoms with E-state index >= 15 is 0 Å². The molecule has 0 radical (unpaired) electrons. The van der Waals surface area contributed by atoms with Crippen LogP contribution in [-0.2, 0) is 16.0 Å². The number of aliphatic hydroxyl groups is 1. The Bertz CT molecular complexity index is 615. The van der Waals surface area contributed by atoms with Gasteiger partial charge >= 0.3 is 0 Å². The molecule has 2 aliphatic rings. The van der Waals surface area contributed by atoms with Gasteiger partial charge in [0.2, 0.25) is 11.9 Å². The van der Waals surface area contributed by atoms with E-state index in [2.05, 4.69) is 15.2 Å². The van der Waals surface area contributed by atoms with Crippen molar-refractivity contribution in [1.29, 1.82) is 0 Å². The van der Waals surface area contributed by atoms with Crippen LogP contribution >= 0.6 is 0 Å². The second-order valence-electron chi connectivity index (χ2n) is 7.56. The molecule has 1 atom stereocenters. The van der Waals surface area contributed by atoms with Gasteiger partial charge in [-0.25, -0.2) is 9.97 Å². The number of aliphatic hydroxyl groups excluding tert-OH is 1. The van der Waals surface area contributed by atoms with Crippen LogP contribution in [0.3, 0.4) is 0 Å². The average molecular weight is 362 g/mol. The fraction of sp³-hybridized carbons (Fsp3) is 0.737. The molecular formula is C19H30N4O3. The van der Waals surface area contributed by atoms with Crippen LogP contribution in [0.4, 0.5) is 5.95 Å². The molecule has 1 aromatic rings. The number of piperidine rings is 1. The highest BCUT2D eigenvalue weighted by atomic mass is 16.5. The zero-order valence-corrected chi connectivity index (χ0v) is 15.8. The first-order chi connectivity index (χ1) is 12.6. The van der Waals surface area contributed by atoms with Gasteiger partial charge in [0, 0.05) is 31.5 Å². The molecule has 0 spiro atoms. The first-order valence-corrected chi connectivity index (χ1v) is 9.69. The smallest absolute Gasteiger partial charge is 0.246 e. The number of anilines is 1. The van der Waals surface area contributed by atoms with E-state index in [-0.39, 0.29) is 31.3 Å². The van der Waals surface area contributed by atoms with Gasteiger partial charge in [-0.05, 0) is 51.9 Å². The molecule has 2 heterocycles. The molecule has 26 heavy (non-hydrogen) atoms. The summed E-state index contributed by atoms with van der Waals surface area (Å²) >= 11 is 0. The number of rotatable bonds is 6. The van der Waals surface area contributed by atoms with Gasteiger partial charge in [0.15, 0.2) is 0 Å². The number of aryl methyl sites for hydroxylation is 1. The molecule has 1 aromatic heterocycles. The van der Waals surface area contributed by atoms with E-state index < -0.39 is 0 Å². The van der Waals surface area contributed by atoms with E-state index in [1.165, 1.54) is 0 Å². The molecule has 0 unspecified atom stereocenters. The van der Waals surface area contributed by atoms with Crippen LogP contribution in [-0.4, -0.2) is 53.4 Å². The second-order valence-corrected chi connectivity index (χ2v) is 7.56. The zero-order valence-electron chi connectivity index (χ0n) is 15.8. The number of nitrogens with zero attached hydrogens (tertiary/aromatic N) is 3. The Balaban J connectivity index is 1.64. The van der Waals surface area contributed by atoms with Crippen molar-refractivity contribution in [2.75, 3.05) is 31.2 Å². The van der Waals surface area contributed by atoms with Gasteiger partial charge in [-0.1, -0.05) is 0 Å². The lowest BCUT2D eigenvalue weighted by Crippen LogP contribution is -2.37. The van der Waals surface area contributed by atoms with Crippen LogP contribution in [0.1, 0.15) is 56.8 Å². The minimum atomic E-state index is -0.0910. The van der Waals surface area contributed by atoms with Gasteiger partial charge in [0.1, 0.15) is 6.61 Å². The summed E-state index contributed by atoms with van der Waals surface area (Å²) in [6, 6.07) is -0.0313. The summed E-state index contributed by atoms with van der Waals surface area (Å²) in [5, 5.41) is 12.3. The highest BCUT2D eigenvalue weighted by Gasteiger charge is 2.26. The van der Waals surface area contributed by atoms with E-state index in [0.29, 0.717) is 5.92 Å². The number of hydrogen-bond acceptors (Lipinski definition) is 6. The Morgan fingerprint density at radius 1 is 1.38 bits per heavy atom. The van der Waals surface area contributed by atoms with Crippen molar-refractivity contribution in [2.45, 2.75) is 58.1 Å². The van der Waals surface area contributed by atoms with Crippen LogP contribution in [0.2, 0.25) is 0 Å². The first-order valence-electron chi connectivity index (χ1n) is 9.69. The van der Waals surface area contributed by atoms with Crippen LogP contribution in [0.5, 0.6) is 0 Å². The fourth-order valence-corrected chi connectivity index (χ4v) is 3.63. The number of ether oxygens (including phenoxy) is 1. The van der Waals surface area contributed by atoms with Crippen LogP contribution in [0.25, 0.3) is 0 Å². The molecule has 0 saturated carbocycles. The third-order valence-electron chi connectivity index (χ3n) is 5.21. The molecule has 3 rings (SSSR count). The summed E-state index contributed by atoms with van der Waals surface area (Å²) in [7, 11) is 0. The molecule has 1 saturated heterocycles. The summed E-state index contributed by atoms with van der Waals surface area (Å²) in [5.41, 5.74) is 2.07. The number of hydrogen-bond donors (Lipinski definition) is 2. The predicted molar refractivity (Wildman–Crippen MR) is 99.0 cm³/mol. The van der Waals surface area contributed by atoms with E-state index in [0.717, 1.165) is 62.4 Å². The maximum Gasteiger partial charge on any atom is 0.246 e. The highest BCUT2D eigenvalue weighted by Crippen LogP contribution is 2.30. The number of fused-ring (bicyclic) bond motifs is 1. The third kappa shape index (κ3) is 4.71. The molecular weight excluding hydrogens is 332 g/mol. The van der Waals surface area contributed by atoms with Crippen molar-refractivity contribution < 1.29 is 14.6 Å². The Labute approximate surface area is 155 Å². The summed E-state index contributed by atoms with van der Waals surface area (Å²) in [6.45, 7) is 5.96. The quantitative estimate of drug-likeness (QED) is 0.799. The molecule has 144 valence electrons. The molecule has 0 bridgehead atoms. The molecule has 1 aliphatic heterocycles. The number of aromatic nitrogens is 2. The van der Waals surface area contributed by atoms with Gasteiger partial charge < -0.3 is 20.1 Å². The lowest BCUT2D eigenvalue weighted by molar-refractivity contribution is -0.128. The normalized spacial score (nSPS) is 20.9. The Morgan fingerprint density at radius 3 is 2.85 bits per heavy atom. The van der Waals surface area contributed by atoms with Crippen molar-refractivity contribution in [3.8, 4) is 0 Å². The van der Waals surface area contributed by atoms with Crippen molar-refractivity contribution in [3.05, 3.63) is 17.5 Å². The Hall–Kier alpha value is -1.73. The minimum absolute atomic E-state index is 0.0313. The van der Waals surface area contributed by atoms with Crippen molar-refractivity contribution in [1.82, 2.24) is 15.3 Å². The molecule has 2 N–H and O–H groups in total. The lowest BCUT2D eigenvalue weighted by Gasteiger charge is -2.32. The molecule has 1 amide bonds. The van der Waals surface area contributed by atoms with E-state index in [9.17, 15) is 9.90 Å². The van der Waals surface area contributed by atoms with Crippen LogP contribution in [0.15, 0.2) is 6.20 Å². The van der Waals surface area contributed by atoms with E-state index in [1.807, 2.05) is 20.0 Å². The maximum atomic E-state index is 12.1. The van der Waals surface area contributed by atoms with Gasteiger partial charge in [-0.3, -0.25) is 4.79 Å². The number of nitrogens with one attached hydrogen (secondary N) is 1. The van der Waals surface area contributed by atoms with Gasteiger partial charge in [0.05, 0.1) is 17.8 Å². The number of amides is 1. The molecule has 7 heteroatoms. The molecule has 0 aromatic carbocycles. The summed E-state index contributed by atoms with van der Waals surface area (Å²) < 4.78 is 5.38. The van der Waals surface area contributed by atoms with Gasteiger partial charge in [-0.2, -0.15) is 0 Å². The fourth-order valence-electron chi connectivity index (χ4n) is 3.63. The Kier molecular flexibility index (Phi) is 6.43. The van der Waals surface area contributed by atoms with Crippen molar-refractivity contribution in [3.63, 3.8) is 0 Å². The molecule has 1 aliphatic carbocycles. The second kappa shape index (κ2) is 8.77. The maximum absolute atomic E-state index is 12.1. The summed E-state index contributed by atoms with van der Waals surface area (Å²) in [5.74, 6) is 1.08. The van der Waals surface area contributed by atoms with E-state index in [1.54, 1.807) is 0 Å². The van der Waals surface area contributed by atoms with Gasteiger partial charge in [0.25, 0.3) is 0 Å². The standard InChI is InChI=1S/C19H30N4O3/c1-13(2)26-12-18(25)21-16-4-3-5-17-15(16)10-20-19(22-17)23-8-6-14(11-24)7-9-23/h10,13-14,16,24H,3-9,11-12H2,1-2H3,(H,21,25)/t16-/m1/s1. The average Bonchev–Trinajstić information content (AvgIpc) is 2.66. The molecule has 7 nitrogen and oxygen atoms in total. The zero-order chi connectivity index (χ0) is 18.5. The SMILES string of the molecule is CC(C)OCC(=O)N[C@@H]1CCCc2nc(N3CCC(CO)CC3)ncc21. The third-order valence-corrected chi connectivity index (χ3v) is 5.21. The van der Waals surface area contributed by atoms with Crippen molar-refractivity contribution >= 4 is 11.9 Å². The largest absolute Gasteiger partial charge is 0.396 e. The van der Waals surface area contributed by atoms with Crippen molar-refractivity contribution in [2.24, 2.45) is 5.92 Å². The topological polar surface area (TPSA) is 87.6 Å². The number of carbonyl (C=O) groups excluding carboxylic acids is 1. The summed E-state index contributed by atoms with van der Waals surface area (Å²) in [4.78, 5) is 23.7. The van der Waals surface area contributed by atoms with Crippen LogP contribution in [0, 0.1) is 5.92 Å². The van der Waals surface area contributed by atoms with Crippen LogP contribution < -0.4 is 10.2 Å². The van der Waals surface area contributed by atoms with Gasteiger partial charge in [-0.15, -0.1) is 0 Å².